The molecule has 4 aromatic rings. The average molecular weight is 553 g/mol. The van der Waals surface area contributed by atoms with E-state index in [1.807, 2.05) is 35.1 Å². The minimum Gasteiger partial charge on any atom is -0.491 e. The molecule has 0 aliphatic carbocycles. The van der Waals surface area contributed by atoms with E-state index in [4.69, 9.17) is 24.4 Å². The number of ether oxygens (including phenoxy) is 3. The molecule has 7 nitrogen and oxygen atoms in total. The van der Waals surface area contributed by atoms with Crippen LogP contribution in [0.25, 0.3) is 28.1 Å². The number of carbonyl (C=O) groups is 1. The SMILES string of the molecule is CC/C(=C(/c1ccc(/C=C/C(=O)O)cc1)c1ccc2c(cnn2C2CCCCO2)c1)c1ccc(OCCOC)cc1. The molecule has 7 heteroatoms. The van der Waals surface area contributed by atoms with Gasteiger partial charge in [-0.15, -0.1) is 0 Å². The fraction of sp³-hybridized carbons (Fsp3) is 0.294. The molecule has 0 spiro atoms. The number of hydrogen-bond acceptors (Lipinski definition) is 5. The van der Waals surface area contributed by atoms with Crippen molar-refractivity contribution in [2.24, 2.45) is 0 Å². The van der Waals surface area contributed by atoms with E-state index in [2.05, 4.69) is 49.4 Å². The molecule has 212 valence electrons. The van der Waals surface area contributed by atoms with E-state index in [9.17, 15) is 4.79 Å². The first-order valence-corrected chi connectivity index (χ1v) is 14.1. The van der Waals surface area contributed by atoms with Crippen molar-refractivity contribution in [3.63, 3.8) is 0 Å². The quantitative estimate of drug-likeness (QED) is 0.120. The van der Waals surface area contributed by atoms with Gasteiger partial charge in [0.05, 0.1) is 18.3 Å². The first kappa shape index (κ1) is 28.3. The molecule has 1 fully saturated rings. The molecule has 0 bridgehead atoms. The molecule has 41 heavy (non-hydrogen) atoms. The van der Waals surface area contributed by atoms with Crippen LogP contribution < -0.4 is 4.74 Å². The van der Waals surface area contributed by atoms with Crippen molar-refractivity contribution < 1.29 is 24.1 Å². The van der Waals surface area contributed by atoms with Crippen LogP contribution in [-0.2, 0) is 14.3 Å². The number of allylic oxidation sites excluding steroid dienone is 1. The van der Waals surface area contributed by atoms with Crippen molar-refractivity contribution in [1.29, 1.82) is 0 Å². The number of fused-ring (bicyclic) bond motifs is 1. The van der Waals surface area contributed by atoms with Crippen molar-refractivity contribution in [2.45, 2.75) is 38.8 Å². The van der Waals surface area contributed by atoms with Gasteiger partial charge in [-0.25, -0.2) is 9.48 Å². The van der Waals surface area contributed by atoms with E-state index >= 15 is 0 Å². The number of hydrogen-bond donors (Lipinski definition) is 1. The molecule has 0 amide bonds. The molecule has 3 aromatic carbocycles. The maximum Gasteiger partial charge on any atom is 0.328 e. The van der Waals surface area contributed by atoms with Crippen LogP contribution in [0.2, 0.25) is 0 Å². The monoisotopic (exact) mass is 552 g/mol. The van der Waals surface area contributed by atoms with E-state index in [-0.39, 0.29) is 6.23 Å². The van der Waals surface area contributed by atoms with Crippen LogP contribution in [0.3, 0.4) is 0 Å². The van der Waals surface area contributed by atoms with Crippen LogP contribution in [0.1, 0.15) is 61.1 Å². The Bertz CT molecular complexity index is 1530. The van der Waals surface area contributed by atoms with Crippen LogP contribution in [0, 0.1) is 0 Å². The molecule has 0 saturated carbocycles. The first-order chi connectivity index (χ1) is 20.1. The standard InChI is InChI=1S/C34H36N2O5/c1-3-30(25-12-15-29(16-13-25)40-21-20-39-2)34(26-10-7-24(8-11-26)9-18-33(37)38)27-14-17-31-28(22-27)23-35-36(31)32-6-4-5-19-41-32/h7-18,22-23,32H,3-6,19-21H2,1-2H3,(H,37,38)/b18-9+,34-30+. The number of carboxylic acids is 1. The summed E-state index contributed by atoms with van der Waals surface area (Å²) in [5, 5.41) is 14.8. The van der Waals surface area contributed by atoms with Crippen LogP contribution in [0.4, 0.5) is 0 Å². The zero-order valence-corrected chi connectivity index (χ0v) is 23.6. The Morgan fingerprint density at radius 2 is 1.78 bits per heavy atom. The highest BCUT2D eigenvalue weighted by atomic mass is 16.5. The second-order valence-electron chi connectivity index (χ2n) is 10.1. The molecule has 1 aromatic heterocycles. The lowest BCUT2D eigenvalue weighted by molar-refractivity contribution is -0.131. The predicted octanol–water partition coefficient (Wildman–Crippen LogP) is 7.23. The summed E-state index contributed by atoms with van der Waals surface area (Å²) in [6.45, 7) is 3.97. The van der Waals surface area contributed by atoms with Crippen molar-refractivity contribution in [1.82, 2.24) is 9.78 Å². The fourth-order valence-electron chi connectivity index (χ4n) is 5.32. The van der Waals surface area contributed by atoms with Crippen molar-refractivity contribution in [3.05, 3.63) is 101 Å². The van der Waals surface area contributed by atoms with E-state index in [1.54, 1.807) is 13.2 Å². The molecule has 5 rings (SSSR count). The van der Waals surface area contributed by atoms with Gasteiger partial charge >= 0.3 is 5.97 Å². The van der Waals surface area contributed by atoms with Crippen molar-refractivity contribution in [2.75, 3.05) is 26.9 Å². The average Bonchev–Trinajstić information content (AvgIpc) is 3.43. The lowest BCUT2D eigenvalue weighted by Crippen LogP contribution is -2.18. The number of nitrogens with zero attached hydrogens (tertiary/aromatic N) is 2. The Morgan fingerprint density at radius 3 is 2.46 bits per heavy atom. The van der Waals surface area contributed by atoms with Gasteiger partial charge in [0.15, 0.2) is 6.23 Å². The highest BCUT2D eigenvalue weighted by Crippen LogP contribution is 2.37. The van der Waals surface area contributed by atoms with Gasteiger partial charge in [0.2, 0.25) is 0 Å². The first-order valence-electron chi connectivity index (χ1n) is 14.1. The summed E-state index contributed by atoms with van der Waals surface area (Å²) in [4.78, 5) is 11.0. The summed E-state index contributed by atoms with van der Waals surface area (Å²) < 4.78 is 18.9. The Labute approximate surface area is 240 Å². The molecule has 0 radical (unpaired) electrons. The normalized spacial score (nSPS) is 16.2. The summed E-state index contributed by atoms with van der Waals surface area (Å²) in [6, 6.07) is 22.7. The summed E-state index contributed by atoms with van der Waals surface area (Å²) in [5.74, 6) is -0.166. The number of aromatic nitrogens is 2. The molecule has 1 unspecified atom stereocenters. The molecule has 1 N–H and O–H groups in total. The second kappa shape index (κ2) is 13.4. The van der Waals surface area contributed by atoms with Gasteiger partial charge in [0, 0.05) is 25.2 Å². The second-order valence-corrected chi connectivity index (χ2v) is 10.1. The molecule has 2 heterocycles. The summed E-state index contributed by atoms with van der Waals surface area (Å²) >= 11 is 0. The topological polar surface area (TPSA) is 82.8 Å². The highest BCUT2D eigenvalue weighted by Gasteiger charge is 2.20. The Kier molecular flexibility index (Phi) is 9.29. The van der Waals surface area contributed by atoms with Gasteiger partial charge in [-0.05, 0) is 89.4 Å². The molecular formula is C34H36N2O5. The van der Waals surface area contributed by atoms with Crippen LogP contribution in [0.5, 0.6) is 5.75 Å². The van der Waals surface area contributed by atoms with E-state index in [1.165, 1.54) is 5.57 Å². The summed E-state index contributed by atoms with van der Waals surface area (Å²) in [6.07, 6.45) is 8.68. The van der Waals surface area contributed by atoms with Gasteiger partial charge in [0.1, 0.15) is 12.4 Å². The minimum absolute atomic E-state index is 0.0238. The highest BCUT2D eigenvalue weighted by molar-refractivity contribution is 6.00. The maximum absolute atomic E-state index is 11.0. The lowest BCUT2D eigenvalue weighted by Gasteiger charge is -2.23. The minimum atomic E-state index is -0.968. The molecular weight excluding hydrogens is 516 g/mol. The number of carboxylic acid groups (broad SMARTS) is 1. The zero-order chi connectivity index (χ0) is 28.6. The van der Waals surface area contributed by atoms with E-state index in [0.717, 1.165) is 82.8 Å². The summed E-state index contributed by atoms with van der Waals surface area (Å²) in [7, 11) is 1.66. The lowest BCUT2D eigenvalue weighted by atomic mass is 9.87. The van der Waals surface area contributed by atoms with E-state index < -0.39 is 5.97 Å². The number of methoxy groups -OCH3 is 1. The molecule has 1 atom stereocenters. The van der Waals surface area contributed by atoms with Gasteiger partial charge in [-0.1, -0.05) is 49.4 Å². The number of benzene rings is 3. The predicted molar refractivity (Wildman–Crippen MR) is 162 cm³/mol. The Morgan fingerprint density at radius 1 is 1.02 bits per heavy atom. The van der Waals surface area contributed by atoms with Gasteiger partial charge in [-0.2, -0.15) is 5.10 Å². The van der Waals surface area contributed by atoms with E-state index in [0.29, 0.717) is 13.2 Å². The van der Waals surface area contributed by atoms with Crippen LogP contribution in [-0.4, -0.2) is 47.8 Å². The Hall–Kier alpha value is -4.20. The third kappa shape index (κ3) is 6.76. The summed E-state index contributed by atoms with van der Waals surface area (Å²) in [5.41, 5.74) is 7.47. The number of rotatable bonds is 11. The molecule has 1 aliphatic rings. The maximum atomic E-state index is 11.0. The fourth-order valence-corrected chi connectivity index (χ4v) is 5.32. The third-order valence-corrected chi connectivity index (χ3v) is 7.34. The smallest absolute Gasteiger partial charge is 0.328 e. The largest absolute Gasteiger partial charge is 0.491 e. The Balaban J connectivity index is 1.57. The van der Waals surface area contributed by atoms with Gasteiger partial charge in [-0.3, -0.25) is 0 Å². The van der Waals surface area contributed by atoms with Crippen LogP contribution in [0.15, 0.2) is 79.0 Å². The number of aliphatic carboxylic acids is 1. The third-order valence-electron chi connectivity index (χ3n) is 7.34. The zero-order valence-electron chi connectivity index (χ0n) is 23.6. The van der Waals surface area contributed by atoms with Gasteiger partial charge in [0.25, 0.3) is 0 Å². The van der Waals surface area contributed by atoms with Crippen molar-refractivity contribution >= 4 is 34.1 Å². The van der Waals surface area contributed by atoms with Gasteiger partial charge < -0.3 is 19.3 Å². The molecule has 1 aliphatic heterocycles. The van der Waals surface area contributed by atoms with Crippen LogP contribution >= 0.6 is 0 Å². The molecule has 1 saturated heterocycles. The van der Waals surface area contributed by atoms with Crippen molar-refractivity contribution in [3.8, 4) is 5.75 Å².